The zero-order valence-corrected chi connectivity index (χ0v) is 7.25. The van der Waals surface area contributed by atoms with Crippen molar-refractivity contribution < 1.29 is 4.79 Å². The van der Waals surface area contributed by atoms with Crippen molar-refractivity contribution in [2.75, 3.05) is 12.0 Å². The van der Waals surface area contributed by atoms with Crippen molar-refractivity contribution in [3.63, 3.8) is 0 Å². The third kappa shape index (κ3) is 3.25. The molecule has 0 bridgehead atoms. The van der Waals surface area contributed by atoms with Crippen molar-refractivity contribution in [3.8, 4) is 0 Å². The average molecular weight is 158 g/mol. The Bertz CT molecular complexity index is 118. The maximum Gasteiger partial charge on any atom is 0.142 e. The average Bonchev–Trinajstić information content (AvgIpc) is 2.67. The summed E-state index contributed by atoms with van der Waals surface area (Å²) in [4.78, 5) is 11.0. The van der Waals surface area contributed by atoms with Gasteiger partial charge in [-0.15, -0.1) is 0 Å². The Morgan fingerprint density at radius 3 is 2.80 bits per heavy atom. The predicted molar refractivity (Wildman–Crippen MR) is 45.3 cm³/mol. The summed E-state index contributed by atoms with van der Waals surface area (Å²) in [7, 11) is 0. The van der Waals surface area contributed by atoms with Gasteiger partial charge in [0.2, 0.25) is 0 Å². The van der Waals surface area contributed by atoms with Gasteiger partial charge in [-0.05, 0) is 18.6 Å². The molecule has 0 heterocycles. The summed E-state index contributed by atoms with van der Waals surface area (Å²) in [5, 5.41) is 0. The first-order valence-corrected chi connectivity index (χ1v) is 5.23. The highest BCUT2D eigenvalue weighted by molar-refractivity contribution is 7.99. The van der Waals surface area contributed by atoms with E-state index < -0.39 is 0 Å². The lowest BCUT2D eigenvalue weighted by Gasteiger charge is -1.95. The van der Waals surface area contributed by atoms with Crippen LogP contribution in [-0.4, -0.2) is 17.8 Å². The second kappa shape index (κ2) is 4.02. The summed E-state index contributed by atoms with van der Waals surface area (Å²) in [5.74, 6) is 2.05. The van der Waals surface area contributed by atoms with E-state index in [1.54, 1.807) is 11.8 Å². The molecule has 58 valence electrons. The maximum absolute atomic E-state index is 11.0. The first kappa shape index (κ1) is 8.12. The monoisotopic (exact) mass is 158 g/mol. The minimum absolute atomic E-state index is 0.430. The van der Waals surface area contributed by atoms with Gasteiger partial charge in [-0.25, -0.2) is 0 Å². The number of hydrogen-bond donors (Lipinski definition) is 0. The van der Waals surface area contributed by atoms with E-state index in [0.29, 0.717) is 11.5 Å². The first-order chi connectivity index (χ1) is 4.83. The number of thioether (sulfide) groups is 1. The van der Waals surface area contributed by atoms with Gasteiger partial charge in [-0.2, -0.15) is 11.8 Å². The molecule has 0 saturated heterocycles. The Morgan fingerprint density at radius 2 is 2.30 bits per heavy atom. The molecule has 0 radical (unpaired) electrons. The van der Waals surface area contributed by atoms with Crippen LogP contribution in [0.15, 0.2) is 0 Å². The second-order valence-corrected chi connectivity index (χ2v) is 3.82. The van der Waals surface area contributed by atoms with Gasteiger partial charge in [0.25, 0.3) is 0 Å². The number of hydrogen-bond acceptors (Lipinski definition) is 2. The number of carbonyl (C=O) groups is 1. The molecule has 0 aromatic carbocycles. The van der Waals surface area contributed by atoms with Crippen molar-refractivity contribution >= 4 is 17.5 Å². The Labute approximate surface area is 66.6 Å². The summed E-state index contributed by atoms with van der Waals surface area (Å²) in [5.41, 5.74) is 0. The summed E-state index contributed by atoms with van der Waals surface area (Å²) < 4.78 is 0. The summed E-state index contributed by atoms with van der Waals surface area (Å²) in [6.07, 6.45) is 6.69. The summed E-state index contributed by atoms with van der Waals surface area (Å²) >= 11 is 1.63. The van der Waals surface area contributed by atoms with E-state index >= 15 is 0 Å². The Kier molecular flexibility index (Phi) is 3.26. The van der Waals surface area contributed by atoms with E-state index in [9.17, 15) is 4.79 Å². The smallest absolute Gasteiger partial charge is 0.142 e. The number of Topliss-reactive ketones (excluding diaryl/α,β-unsaturated/α-hetero) is 1. The molecule has 0 N–H and O–H groups in total. The van der Waals surface area contributed by atoms with E-state index in [1.165, 1.54) is 12.8 Å². The van der Waals surface area contributed by atoms with Crippen molar-refractivity contribution in [1.82, 2.24) is 0 Å². The van der Waals surface area contributed by atoms with Gasteiger partial charge in [0.05, 0.1) is 5.75 Å². The Hall–Kier alpha value is 0.0200. The highest BCUT2D eigenvalue weighted by Gasteiger charge is 2.21. The van der Waals surface area contributed by atoms with Crippen LogP contribution in [0.5, 0.6) is 0 Å². The lowest BCUT2D eigenvalue weighted by molar-refractivity contribution is -0.116. The fraction of sp³-hybridized carbons (Fsp3) is 0.875. The van der Waals surface area contributed by atoms with Crippen LogP contribution in [0.1, 0.15) is 25.7 Å². The van der Waals surface area contributed by atoms with Crippen LogP contribution in [0.3, 0.4) is 0 Å². The van der Waals surface area contributed by atoms with Gasteiger partial charge in [0.15, 0.2) is 0 Å². The molecule has 2 heteroatoms. The normalized spacial score (nSPS) is 17.3. The fourth-order valence-electron chi connectivity index (χ4n) is 1.00. The molecule has 0 aromatic heterocycles. The third-order valence-electron chi connectivity index (χ3n) is 1.83. The van der Waals surface area contributed by atoms with Gasteiger partial charge in [0.1, 0.15) is 5.78 Å². The predicted octanol–water partition coefficient (Wildman–Crippen LogP) is 2.11. The van der Waals surface area contributed by atoms with Crippen LogP contribution in [-0.2, 0) is 4.79 Å². The third-order valence-corrected chi connectivity index (χ3v) is 2.44. The first-order valence-electron chi connectivity index (χ1n) is 3.83. The fourth-order valence-corrected chi connectivity index (χ4v) is 1.47. The van der Waals surface area contributed by atoms with Gasteiger partial charge < -0.3 is 0 Å². The molecule has 1 aliphatic rings. The molecule has 10 heavy (non-hydrogen) atoms. The zero-order valence-electron chi connectivity index (χ0n) is 6.43. The lowest BCUT2D eigenvalue weighted by Crippen LogP contribution is -2.00. The van der Waals surface area contributed by atoms with Crippen LogP contribution >= 0.6 is 11.8 Å². The zero-order chi connectivity index (χ0) is 7.40. The van der Waals surface area contributed by atoms with Crippen molar-refractivity contribution in [3.05, 3.63) is 0 Å². The highest BCUT2D eigenvalue weighted by Crippen LogP contribution is 2.33. The van der Waals surface area contributed by atoms with Crippen molar-refractivity contribution in [2.24, 2.45) is 5.92 Å². The maximum atomic E-state index is 11.0. The number of carbonyl (C=O) groups excluding carboxylic acids is 1. The lowest BCUT2D eigenvalue weighted by atomic mass is 10.2. The SMILES string of the molecule is CSCC(=O)CCC1CC1. The summed E-state index contributed by atoms with van der Waals surface area (Å²) in [6.45, 7) is 0. The molecule has 0 aromatic rings. The molecule has 1 fully saturated rings. The van der Waals surface area contributed by atoms with Crippen molar-refractivity contribution in [1.29, 1.82) is 0 Å². The van der Waals surface area contributed by atoms with E-state index in [0.717, 1.165) is 18.8 Å². The number of ketones is 1. The van der Waals surface area contributed by atoms with Gasteiger partial charge in [-0.1, -0.05) is 12.8 Å². The van der Waals surface area contributed by atoms with Crippen LogP contribution in [0.25, 0.3) is 0 Å². The standard InChI is InChI=1S/C8H14OS/c1-10-6-8(9)5-4-7-2-3-7/h7H,2-6H2,1H3. The van der Waals surface area contributed by atoms with Crippen LogP contribution < -0.4 is 0 Å². The molecular weight excluding hydrogens is 144 g/mol. The van der Waals surface area contributed by atoms with E-state index in [4.69, 9.17) is 0 Å². The van der Waals surface area contributed by atoms with E-state index in [-0.39, 0.29) is 0 Å². The topological polar surface area (TPSA) is 17.1 Å². The minimum atomic E-state index is 0.430. The molecule has 0 aliphatic heterocycles. The van der Waals surface area contributed by atoms with Gasteiger partial charge >= 0.3 is 0 Å². The molecule has 1 nitrogen and oxygen atoms in total. The minimum Gasteiger partial charge on any atom is -0.299 e. The molecule has 1 rings (SSSR count). The van der Waals surface area contributed by atoms with Crippen LogP contribution in [0.4, 0.5) is 0 Å². The molecule has 0 atom stereocenters. The molecule has 0 unspecified atom stereocenters. The van der Waals surface area contributed by atoms with E-state index in [1.807, 2.05) is 6.26 Å². The molecule has 1 saturated carbocycles. The summed E-state index contributed by atoms with van der Waals surface area (Å²) in [6, 6.07) is 0. The van der Waals surface area contributed by atoms with Crippen LogP contribution in [0.2, 0.25) is 0 Å². The highest BCUT2D eigenvalue weighted by atomic mass is 32.2. The largest absolute Gasteiger partial charge is 0.299 e. The van der Waals surface area contributed by atoms with Crippen molar-refractivity contribution in [2.45, 2.75) is 25.7 Å². The number of rotatable bonds is 5. The van der Waals surface area contributed by atoms with Gasteiger partial charge in [-0.3, -0.25) is 4.79 Å². The second-order valence-electron chi connectivity index (χ2n) is 2.95. The molecule has 0 amide bonds. The quantitative estimate of drug-likeness (QED) is 0.609. The van der Waals surface area contributed by atoms with Crippen LogP contribution in [0, 0.1) is 5.92 Å². The Morgan fingerprint density at radius 1 is 1.60 bits per heavy atom. The molecule has 1 aliphatic carbocycles. The van der Waals surface area contributed by atoms with Gasteiger partial charge in [0, 0.05) is 6.42 Å². The van der Waals surface area contributed by atoms with E-state index in [2.05, 4.69) is 0 Å². The molecule has 0 spiro atoms. The molecular formula is C8H14OS. The Balaban J connectivity index is 1.94.